The van der Waals surface area contributed by atoms with Crippen molar-refractivity contribution < 1.29 is 22.4 Å². The van der Waals surface area contributed by atoms with Gasteiger partial charge < -0.3 is 4.42 Å². The zero-order chi connectivity index (χ0) is 20.1. The van der Waals surface area contributed by atoms with Gasteiger partial charge in [-0.25, -0.2) is 8.42 Å². The fraction of sp³-hybridized carbons (Fsp3) is 0.0526. The number of benzene rings is 2. The first-order valence-corrected chi connectivity index (χ1v) is 9.67. The first kappa shape index (κ1) is 19.2. The molecule has 0 saturated carbocycles. The lowest BCUT2D eigenvalue weighted by Gasteiger charge is -2.10. The van der Waals surface area contributed by atoms with E-state index in [9.17, 15) is 18.0 Å². The molecule has 0 atom stereocenters. The summed E-state index contributed by atoms with van der Waals surface area (Å²) in [5.74, 6) is -1.28. The van der Waals surface area contributed by atoms with Crippen LogP contribution in [0.4, 0.5) is 5.69 Å². The van der Waals surface area contributed by atoms with Gasteiger partial charge in [0.05, 0.1) is 11.2 Å². The van der Waals surface area contributed by atoms with Crippen molar-refractivity contribution in [3.63, 3.8) is 0 Å². The lowest BCUT2D eigenvalue weighted by molar-refractivity contribution is 0.0831. The molecule has 28 heavy (non-hydrogen) atoms. The molecule has 8 nitrogen and oxygen atoms in total. The maximum Gasteiger partial charge on any atom is 0.305 e. The Morgan fingerprint density at radius 3 is 2.36 bits per heavy atom. The maximum atomic E-state index is 12.6. The van der Waals surface area contributed by atoms with Gasteiger partial charge in [0.15, 0.2) is 5.76 Å². The number of nitrogens with one attached hydrogen (secondary N) is 3. The Morgan fingerprint density at radius 1 is 0.893 bits per heavy atom. The average molecular weight is 399 g/mol. The Kier molecular flexibility index (Phi) is 5.46. The lowest BCUT2D eigenvalue weighted by Crippen LogP contribution is -2.41. The number of furan rings is 1. The van der Waals surface area contributed by atoms with Crippen molar-refractivity contribution in [2.75, 3.05) is 4.72 Å². The molecule has 9 heteroatoms. The van der Waals surface area contributed by atoms with Gasteiger partial charge in [0.2, 0.25) is 0 Å². The van der Waals surface area contributed by atoms with Gasteiger partial charge >= 0.3 is 5.91 Å². The van der Waals surface area contributed by atoms with E-state index in [4.69, 9.17) is 4.42 Å². The molecule has 2 amide bonds. The summed E-state index contributed by atoms with van der Waals surface area (Å²) in [4.78, 5) is 23.9. The quantitative estimate of drug-likeness (QED) is 0.570. The molecule has 2 aromatic carbocycles. The van der Waals surface area contributed by atoms with E-state index in [0.717, 1.165) is 5.56 Å². The van der Waals surface area contributed by atoms with Gasteiger partial charge in [0.25, 0.3) is 15.9 Å². The van der Waals surface area contributed by atoms with E-state index in [2.05, 4.69) is 15.6 Å². The number of carbonyl (C=O) groups is 2. The highest BCUT2D eigenvalue weighted by Gasteiger charge is 2.17. The molecule has 1 heterocycles. The average Bonchev–Trinajstić information content (AvgIpc) is 3.20. The molecule has 0 aliphatic carbocycles. The lowest BCUT2D eigenvalue weighted by atomic mass is 10.2. The molecule has 0 unspecified atom stereocenters. The molecule has 3 aromatic rings. The van der Waals surface area contributed by atoms with Gasteiger partial charge in [0, 0.05) is 11.3 Å². The number of hydrazine groups is 1. The predicted molar refractivity (Wildman–Crippen MR) is 102 cm³/mol. The number of hydrogen-bond acceptors (Lipinski definition) is 5. The highest BCUT2D eigenvalue weighted by atomic mass is 32.2. The summed E-state index contributed by atoms with van der Waals surface area (Å²) in [7, 11) is -3.89. The summed E-state index contributed by atoms with van der Waals surface area (Å²) in [5, 5.41) is 0. The summed E-state index contributed by atoms with van der Waals surface area (Å²) in [5.41, 5.74) is 5.78. The first-order valence-electron chi connectivity index (χ1n) is 8.19. The summed E-state index contributed by atoms with van der Waals surface area (Å²) in [6.07, 6.45) is 1.33. The Hall–Kier alpha value is -3.59. The fourth-order valence-electron chi connectivity index (χ4n) is 2.38. The number of hydrogen-bond donors (Lipinski definition) is 3. The van der Waals surface area contributed by atoms with Crippen molar-refractivity contribution in [2.24, 2.45) is 0 Å². The molecular weight excluding hydrogens is 382 g/mol. The van der Waals surface area contributed by atoms with E-state index in [1.54, 1.807) is 18.2 Å². The number of aryl methyl sites for hydroxylation is 1. The summed E-state index contributed by atoms with van der Waals surface area (Å²) in [6.45, 7) is 1.85. The van der Waals surface area contributed by atoms with E-state index in [1.807, 2.05) is 13.0 Å². The second kappa shape index (κ2) is 7.97. The molecule has 3 N–H and O–H groups in total. The molecule has 0 aliphatic rings. The molecule has 0 aliphatic heterocycles. The van der Waals surface area contributed by atoms with E-state index in [1.165, 1.54) is 42.7 Å². The zero-order valence-electron chi connectivity index (χ0n) is 14.8. The number of anilines is 1. The van der Waals surface area contributed by atoms with Gasteiger partial charge in [-0.05, 0) is 55.0 Å². The smallest absolute Gasteiger partial charge is 0.305 e. The van der Waals surface area contributed by atoms with Gasteiger partial charge in [0.1, 0.15) is 0 Å². The van der Waals surface area contributed by atoms with Gasteiger partial charge in [-0.2, -0.15) is 0 Å². The summed E-state index contributed by atoms with van der Waals surface area (Å²) in [6, 6.07) is 15.3. The third kappa shape index (κ3) is 4.57. The van der Waals surface area contributed by atoms with Crippen LogP contribution in [0.1, 0.15) is 26.5 Å². The molecule has 0 fully saturated rings. The predicted octanol–water partition coefficient (Wildman–Crippen LogP) is 2.46. The molecular formula is C19H17N3O5S. The van der Waals surface area contributed by atoms with Crippen LogP contribution in [0.25, 0.3) is 0 Å². The van der Waals surface area contributed by atoms with E-state index in [0.29, 0.717) is 5.69 Å². The molecule has 0 spiro atoms. The van der Waals surface area contributed by atoms with Crippen LogP contribution < -0.4 is 15.6 Å². The van der Waals surface area contributed by atoms with Crippen LogP contribution in [0.3, 0.4) is 0 Å². The normalized spacial score (nSPS) is 10.9. The Bertz CT molecular complexity index is 1110. The molecule has 1 aromatic heterocycles. The van der Waals surface area contributed by atoms with Crippen LogP contribution in [0.5, 0.6) is 0 Å². The van der Waals surface area contributed by atoms with Crippen LogP contribution in [0.2, 0.25) is 0 Å². The second-order valence-electron chi connectivity index (χ2n) is 5.89. The monoisotopic (exact) mass is 399 g/mol. The Balaban J connectivity index is 1.72. The maximum absolute atomic E-state index is 12.6. The highest BCUT2D eigenvalue weighted by Crippen LogP contribution is 2.18. The molecule has 144 valence electrons. The van der Waals surface area contributed by atoms with E-state index in [-0.39, 0.29) is 16.2 Å². The van der Waals surface area contributed by atoms with Crippen molar-refractivity contribution >= 4 is 27.5 Å². The topological polar surface area (TPSA) is 118 Å². The van der Waals surface area contributed by atoms with E-state index >= 15 is 0 Å². The number of sulfonamides is 1. The van der Waals surface area contributed by atoms with Crippen molar-refractivity contribution in [3.8, 4) is 0 Å². The third-order valence-corrected chi connectivity index (χ3v) is 5.09. The SMILES string of the molecule is Cc1cccc(NS(=O)(=O)c2cccc(C(=O)NNC(=O)c3ccco3)c2)c1. The number of rotatable bonds is 5. The minimum atomic E-state index is -3.89. The standard InChI is InChI=1S/C19H17N3O5S/c1-13-5-2-7-15(11-13)22-28(25,26)16-8-3-6-14(12-16)18(23)20-21-19(24)17-9-4-10-27-17/h2-12,22H,1H3,(H,20,23)(H,21,24). The van der Waals surface area contributed by atoms with Crippen LogP contribution >= 0.6 is 0 Å². The fourth-order valence-corrected chi connectivity index (χ4v) is 3.48. The highest BCUT2D eigenvalue weighted by molar-refractivity contribution is 7.92. The van der Waals surface area contributed by atoms with Crippen molar-refractivity contribution in [2.45, 2.75) is 11.8 Å². The summed E-state index contributed by atoms with van der Waals surface area (Å²) < 4.78 is 32.5. The number of carbonyl (C=O) groups excluding carboxylic acids is 2. The van der Waals surface area contributed by atoms with Gasteiger partial charge in [-0.1, -0.05) is 18.2 Å². The van der Waals surface area contributed by atoms with Crippen molar-refractivity contribution in [3.05, 3.63) is 83.8 Å². The Morgan fingerprint density at radius 2 is 1.64 bits per heavy atom. The Labute approximate surface area is 161 Å². The molecule has 0 bridgehead atoms. The first-order chi connectivity index (χ1) is 13.3. The zero-order valence-corrected chi connectivity index (χ0v) is 15.6. The molecule has 0 saturated heterocycles. The van der Waals surface area contributed by atoms with E-state index < -0.39 is 21.8 Å². The third-order valence-electron chi connectivity index (χ3n) is 3.71. The minimum Gasteiger partial charge on any atom is -0.459 e. The minimum absolute atomic E-state index is 0.0268. The molecule has 3 rings (SSSR count). The van der Waals surface area contributed by atoms with Crippen LogP contribution in [-0.2, 0) is 10.0 Å². The van der Waals surface area contributed by atoms with Crippen LogP contribution in [0, 0.1) is 6.92 Å². The van der Waals surface area contributed by atoms with Gasteiger partial charge in [-0.15, -0.1) is 0 Å². The number of amides is 2. The van der Waals surface area contributed by atoms with Crippen molar-refractivity contribution in [1.29, 1.82) is 0 Å². The van der Waals surface area contributed by atoms with Gasteiger partial charge in [-0.3, -0.25) is 25.2 Å². The van der Waals surface area contributed by atoms with Crippen LogP contribution in [-0.4, -0.2) is 20.2 Å². The van der Waals surface area contributed by atoms with Crippen molar-refractivity contribution in [1.82, 2.24) is 10.9 Å². The summed E-state index contributed by atoms with van der Waals surface area (Å²) >= 11 is 0. The largest absolute Gasteiger partial charge is 0.459 e. The second-order valence-corrected chi connectivity index (χ2v) is 7.57. The molecule has 0 radical (unpaired) electrons. The van der Waals surface area contributed by atoms with Crippen LogP contribution in [0.15, 0.2) is 76.2 Å².